The number of hydrogen-bond donors (Lipinski definition) is 0. The van der Waals surface area contributed by atoms with E-state index in [1.807, 2.05) is 35.2 Å². The summed E-state index contributed by atoms with van der Waals surface area (Å²) >= 11 is 1.62. The lowest BCUT2D eigenvalue weighted by molar-refractivity contribution is 0.101. The van der Waals surface area contributed by atoms with Gasteiger partial charge in [-0.05, 0) is 35.4 Å². The van der Waals surface area contributed by atoms with Crippen molar-refractivity contribution in [1.29, 1.82) is 0 Å². The zero-order chi connectivity index (χ0) is 21.6. The number of hydrogen-bond acceptors (Lipinski definition) is 6. The van der Waals surface area contributed by atoms with Crippen molar-refractivity contribution in [2.45, 2.75) is 24.8 Å². The second-order valence-electron chi connectivity index (χ2n) is 8.03. The minimum Gasteiger partial charge on any atom is -0.315 e. The molecule has 0 aliphatic carbocycles. The molecule has 7 heteroatoms. The van der Waals surface area contributed by atoms with Gasteiger partial charge in [-0.15, -0.1) is 0 Å². The Labute approximate surface area is 186 Å². The summed E-state index contributed by atoms with van der Waals surface area (Å²) in [5.41, 5.74) is 2.65. The quantitative estimate of drug-likeness (QED) is 0.554. The van der Waals surface area contributed by atoms with Crippen molar-refractivity contribution in [2.24, 2.45) is 4.99 Å². The van der Waals surface area contributed by atoms with Gasteiger partial charge in [0, 0.05) is 17.0 Å². The maximum absolute atomic E-state index is 12.3. The minimum atomic E-state index is -3.12. The Balaban J connectivity index is 1.48. The van der Waals surface area contributed by atoms with Gasteiger partial charge in [0.05, 0.1) is 23.6 Å². The zero-order valence-corrected chi connectivity index (χ0v) is 18.7. The number of carbonyl (C=O) groups is 1. The normalized spacial score (nSPS) is 21.8. The average molecular weight is 451 g/mol. The third-order valence-corrected chi connectivity index (χ3v) is 8.59. The number of benzene rings is 3. The monoisotopic (exact) mass is 450 g/mol. The fourth-order valence-corrected chi connectivity index (χ4v) is 7.34. The number of aliphatic imine (C=N–C) groups is 1. The first-order valence-corrected chi connectivity index (χ1v) is 13.0. The van der Waals surface area contributed by atoms with Crippen LogP contribution in [0.15, 0.2) is 71.7 Å². The molecular formula is C24H22N2O3S2. The first-order chi connectivity index (χ1) is 14.9. The van der Waals surface area contributed by atoms with Crippen LogP contribution in [-0.4, -0.2) is 43.0 Å². The number of fused-ring (bicyclic) bond motifs is 2. The van der Waals surface area contributed by atoms with Crippen molar-refractivity contribution in [1.82, 2.24) is 0 Å². The molecule has 158 valence electrons. The zero-order valence-electron chi connectivity index (χ0n) is 17.1. The summed E-state index contributed by atoms with van der Waals surface area (Å²) in [6.45, 7) is 1.54. The molecule has 1 fully saturated rings. The largest absolute Gasteiger partial charge is 0.315 e. The maximum atomic E-state index is 12.3. The summed E-state index contributed by atoms with van der Waals surface area (Å²) in [7, 11) is -3.12. The second-order valence-corrected chi connectivity index (χ2v) is 11.1. The van der Waals surface area contributed by atoms with Crippen molar-refractivity contribution >= 4 is 49.0 Å². The number of ketones is 1. The van der Waals surface area contributed by atoms with Crippen molar-refractivity contribution in [2.75, 3.05) is 16.4 Å². The second kappa shape index (κ2) is 7.80. The summed E-state index contributed by atoms with van der Waals surface area (Å²) in [6.07, 6.45) is 0. The molecule has 3 aromatic rings. The van der Waals surface area contributed by atoms with Gasteiger partial charge in [0.25, 0.3) is 0 Å². The lowest BCUT2D eigenvalue weighted by atomic mass is 10.1. The third kappa shape index (κ3) is 3.88. The van der Waals surface area contributed by atoms with Gasteiger partial charge in [0.2, 0.25) is 0 Å². The van der Waals surface area contributed by atoms with Crippen molar-refractivity contribution in [3.63, 3.8) is 0 Å². The highest BCUT2D eigenvalue weighted by molar-refractivity contribution is 8.13. The van der Waals surface area contributed by atoms with Crippen LogP contribution in [0.1, 0.15) is 22.8 Å². The highest BCUT2D eigenvalue weighted by atomic mass is 32.2. The average Bonchev–Trinajstić information content (AvgIpc) is 3.23. The fraction of sp³-hybridized carbons (Fsp3) is 0.250. The highest BCUT2D eigenvalue weighted by Crippen LogP contribution is 2.36. The van der Waals surface area contributed by atoms with E-state index in [4.69, 9.17) is 4.99 Å². The van der Waals surface area contributed by atoms with E-state index in [0.717, 1.165) is 16.6 Å². The van der Waals surface area contributed by atoms with Gasteiger partial charge in [-0.1, -0.05) is 66.4 Å². The van der Waals surface area contributed by atoms with Gasteiger partial charge >= 0.3 is 0 Å². The van der Waals surface area contributed by atoms with Crippen LogP contribution in [-0.2, 0) is 15.6 Å². The van der Waals surface area contributed by atoms with Crippen LogP contribution in [0, 0.1) is 0 Å². The van der Waals surface area contributed by atoms with E-state index in [1.165, 1.54) is 23.3 Å². The Kier molecular flexibility index (Phi) is 5.10. The molecular weight excluding hydrogens is 428 g/mol. The molecule has 2 atom stereocenters. The lowest BCUT2D eigenvalue weighted by Crippen LogP contribution is -2.39. The van der Waals surface area contributed by atoms with Crippen LogP contribution < -0.4 is 4.90 Å². The van der Waals surface area contributed by atoms with E-state index in [0.29, 0.717) is 5.56 Å². The fourth-order valence-electron chi connectivity index (χ4n) is 4.37. The Morgan fingerprint density at radius 2 is 1.84 bits per heavy atom. The molecule has 5 nitrogen and oxygen atoms in total. The first-order valence-electron chi connectivity index (χ1n) is 10.2. The molecule has 0 unspecified atom stereocenters. The molecule has 2 aliphatic rings. The van der Waals surface area contributed by atoms with Gasteiger partial charge in [0.1, 0.15) is 0 Å². The van der Waals surface area contributed by atoms with Crippen molar-refractivity contribution < 1.29 is 13.2 Å². The predicted octanol–water partition coefficient (Wildman–Crippen LogP) is 4.32. The van der Waals surface area contributed by atoms with E-state index in [2.05, 4.69) is 30.3 Å². The Morgan fingerprint density at radius 3 is 2.68 bits per heavy atom. The van der Waals surface area contributed by atoms with E-state index in [9.17, 15) is 13.2 Å². The van der Waals surface area contributed by atoms with E-state index < -0.39 is 9.84 Å². The minimum absolute atomic E-state index is 0.0152. The molecule has 2 heterocycles. The van der Waals surface area contributed by atoms with Crippen molar-refractivity contribution in [3.8, 4) is 0 Å². The Morgan fingerprint density at radius 1 is 1.06 bits per heavy atom. The summed E-state index contributed by atoms with van der Waals surface area (Å²) in [4.78, 5) is 18.8. The number of Topliss-reactive ketones (excluding diaryl/α,β-unsaturated/α-hetero) is 1. The van der Waals surface area contributed by atoms with E-state index in [-0.39, 0.29) is 29.4 Å². The van der Waals surface area contributed by atoms with Gasteiger partial charge in [-0.25, -0.2) is 8.42 Å². The van der Waals surface area contributed by atoms with Gasteiger partial charge < -0.3 is 4.90 Å². The molecule has 0 spiro atoms. The van der Waals surface area contributed by atoms with Crippen LogP contribution in [0.2, 0.25) is 0 Å². The number of nitrogens with zero attached hydrogens (tertiary/aromatic N) is 2. The SMILES string of the molecule is CC(=O)c1cccc(N2C(SCc3cccc4ccccc34)=N[C@H]3CS(=O)(=O)C[C@@H]32)c1. The summed E-state index contributed by atoms with van der Waals surface area (Å²) < 4.78 is 24.5. The molecule has 0 N–H and O–H groups in total. The Hall–Kier alpha value is -2.64. The van der Waals surface area contributed by atoms with Crippen LogP contribution in [0.5, 0.6) is 0 Å². The standard InChI is InChI=1S/C24H22N2O3S2/c1-16(27)18-8-5-10-20(12-18)26-23-15-31(28,29)14-22(23)25-24(26)30-13-19-9-4-7-17-6-2-3-11-21(17)19/h2-12,22-23H,13-15H2,1H3/t22-,23-/m0/s1. The maximum Gasteiger partial charge on any atom is 0.164 e. The van der Waals surface area contributed by atoms with E-state index >= 15 is 0 Å². The van der Waals surface area contributed by atoms with Gasteiger partial charge in [0.15, 0.2) is 20.8 Å². The molecule has 3 aromatic carbocycles. The smallest absolute Gasteiger partial charge is 0.164 e. The summed E-state index contributed by atoms with van der Waals surface area (Å²) in [5.74, 6) is 0.886. The molecule has 0 saturated carbocycles. The summed E-state index contributed by atoms with van der Waals surface area (Å²) in [5, 5.41) is 3.23. The topological polar surface area (TPSA) is 66.8 Å². The number of rotatable bonds is 4. The van der Waals surface area contributed by atoms with Crippen LogP contribution >= 0.6 is 11.8 Å². The molecule has 0 aromatic heterocycles. The van der Waals surface area contributed by atoms with Crippen LogP contribution in [0.3, 0.4) is 0 Å². The Bertz CT molecular complexity index is 1310. The molecule has 1 saturated heterocycles. The van der Waals surface area contributed by atoms with Gasteiger partial charge in [-0.2, -0.15) is 0 Å². The number of sulfone groups is 1. The molecule has 0 bridgehead atoms. The van der Waals surface area contributed by atoms with Crippen LogP contribution in [0.4, 0.5) is 5.69 Å². The molecule has 5 rings (SSSR count). The first kappa shape index (κ1) is 20.3. The lowest BCUT2D eigenvalue weighted by Gasteiger charge is -2.27. The molecule has 31 heavy (non-hydrogen) atoms. The number of carbonyl (C=O) groups excluding carboxylic acids is 1. The van der Waals surface area contributed by atoms with Crippen molar-refractivity contribution in [3.05, 3.63) is 77.9 Å². The number of amidine groups is 1. The van der Waals surface area contributed by atoms with E-state index in [1.54, 1.807) is 17.8 Å². The molecule has 2 aliphatic heterocycles. The predicted molar refractivity (Wildman–Crippen MR) is 128 cm³/mol. The number of anilines is 1. The number of thioether (sulfide) groups is 1. The summed E-state index contributed by atoms with van der Waals surface area (Å²) in [6, 6.07) is 21.5. The van der Waals surface area contributed by atoms with Crippen LogP contribution in [0.25, 0.3) is 10.8 Å². The highest BCUT2D eigenvalue weighted by Gasteiger charge is 2.47. The molecule has 0 radical (unpaired) electrons. The van der Waals surface area contributed by atoms with Gasteiger partial charge in [-0.3, -0.25) is 9.79 Å². The third-order valence-electron chi connectivity index (χ3n) is 5.88. The molecule has 0 amide bonds.